The van der Waals surface area contributed by atoms with E-state index in [1.54, 1.807) is 0 Å². The fraction of sp³-hybridized carbons (Fsp3) is 1.00. The highest BCUT2D eigenvalue weighted by atomic mass is 16.3. The summed E-state index contributed by atoms with van der Waals surface area (Å²) in [6, 6.07) is 0. The van der Waals surface area contributed by atoms with Crippen molar-refractivity contribution in [2.24, 2.45) is 34.0 Å². The maximum absolute atomic E-state index is 10.9. The van der Waals surface area contributed by atoms with Crippen LogP contribution in [0.1, 0.15) is 85.5 Å². The molecule has 1 heteroatoms. The third kappa shape index (κ3) is 1.79. The molecule has 4 rings (SSSR count). The molecule has 1 nitrogen and oxygen atoms in total. The summed E-state index contributed by atoms with van der Waals surface area (Å²) in [7, 11) is 0. The molecule has 21 heavy (non-hydrogen) atoms. The molecule has 0 aromatic rings. The van der Waals surface area contributed by atoms with Gasteiger partial charge in [-0.15, -0.1) is 0 Å². The Morgan fingerprint density at radius 1 is 0.857 bits per heavy atom. The predicted octanol–water partition coefficient (Wildman–Crippen LogP) is 5.17. The van der Waals surface area contributed by atoms with Crippen LogP contribution in [-0.4, -0.2) is 10.7 Å². The van der Waals surface area contributed by atoms with Gasteiger partial charge in [0.2, 0.25) is 0 Å². The smallest absolute Gasteiger partial charge is 0.0653 e. The second kappa shape index (κ2) is 4.08. The SMILES string of the molecule is CC1(C)CCC[C@]2(C)[C@@H]1CC[C@@]13C[C@@H](CC[C@H]12)[C@@](C)(O)C3. The van der Waals surface area contributed by atoms with E-state index < -0.39 is 0 Å². The Morgan fingerprint density at radius 2 is 1.62 bits per heavy atom. The zero-order chi connectivity index (χ0) is 15.1. The normalized spacial score (nSPS) is 58.4. The number of fused-ring (bicyclic) bond motifs is 3. The monoisotopic (exact) mass is 290 g/mol. The summed E-state index contributed by atoms with van der Waals surface area (Å²) in [5, 5.41) is 10.9. The van der Waals surface area contributed by atoms with E-state index in [0.717, 1.165) is 18.3 Å². The molecule has 4 aliphatic carbocycles. The highest BCUT2D eigenvalue weighted by molar-refractivity contribution is 5.15. The van der Waals surface area contributed by atoms with Crippen molar-refractivity contribution in [1.29, 1.82) is 0 Å². The summed E-state index contributed by atoms with van der Waals surface area (Å²) in [5.41, 5.74) is 1.20. The van der Waals surface area contributed by atoms with E-state index in [9.17, 15) is 5.11 Å². The molecule has 0 amide bonds. The quantitative estimate of drug-likeness (QED) is 0.652. The molecule has 6 atom stereocenters. The highest BCUT2D eigenvalue weighted by Crippen LogP contribution is 2.72. The summed E-state index contributed by atoms with van der Waals surface area (Å²) >= 11 is 0. The average molecular weight is 290 g/mol. The van der Waals surface area contributed by atoms with Gasteiger partial charge in [-0.1, -0.05) is 27.2 Å². The minimum Gasteiger partial charge on any atom is -0.390 e. The Bertz CT molecular complexity index is 451. The third-order valence-electron chi connectivity index (χ3n) is 8.79. The van der Waals surface area contributed by atoms with Crippen molar-refractivity contribution in [3.05, 3.63) is 0 Å². The topological polar surface area (TPSA) is 20.2 Å². The molecule has 0 heterocycles. The number of hydrogen-bond donors (Lipinski definition) is 1. The molecule has 0 unspecified atom stereocenters. The van der Waals surface area contributed by atoms with Gasteiger partial charge in [-0.25, -0.2) is 0 Å². The Hall–Kier alpha value is -0.0400. The van der Waals surface area contributed by atoms with E-state index >= 15 is 0 Å². The maximum atomic E-state index is 10.9. The number of aliphatic hydroxyl groups is 1. The van der Waals surface area contributed by atoms with Crippen LogP contribution in [0.5, 0.6) is 0 Å². The van der Waals surface area contributed by atoms with Crippen molar-refractivity contribution < 1.29 is 5.11 Å². The van der Waals surface area contributed by atoms with Crippen LogP contribution in [0.15, 0.2) is 0 Å². The van der Waals surface area contributed by atoms with E-state index in [0.29, 0.717) is 22.2 Å². The lowest BCUT2D eigenvalue weighted by atomic mass is 9.41. The van der Waals surface area contributed by atoms with Gasteiger partial charge in [0, 0.05) is 0 Å². The molecule has 4 saturated carbocycles. The molecule has 4 aliphatic rings. The van der Waals surface area contributed by atoms with Crippen molar-refractivity contribution in [2.45, 2.75) is 91.1 Å². The molecule has 2 bridgehead atoms. The lowest BCUT2D eigenvalue weighted by Gasteiger charge is -2.64. The molecular formula is C20H34O. The van der Waals surface area contributed by atoms with Crippen molar-refractivity contribution in [2.75, 3.05) is 0 Å². The zero-order valence-electron chi connectivity index (χ0n) is 14.5. The summed E-state index contributed by atoms with van der Waals surface area (Å²) in [6.45, 7) is 9.83. The van der Waals surface area contributed by atoms with Crippen LogP contribution >= 0.6 is 0 Å². The van der Waals surface area contributed by atoms with Crippen molar-refractivity contribution in [1.82, 2.24) is 0 Å². The third-order valence-corrected chi connectivity index (χ3v) is 8.79. The fourth-order valence-corrected chi connectivity index (χ4v) is 8.12. The van der Waals surface area contributed by atoms with Crippen LogP contribution in [0.25, 0.3) is 0 Å². The summed E-state index contributed by atoms with van der Waals surface area (Å²) in [5.74, 6) is 2.38. The highest BCUT2D eigenvalue weighted by Gasteiger charge is 2.65. The van der Waals surface area contributed by atoms with Gasteiger partial charge < -0.3 is 5.11 Å². The van der Waals surface area contributed by atoms with E-state index in [-0.39, 0.29) is 5.60 Å². The van der Waals surface area contributed by atoms with Gasteiger partial charge in [0.1, 0.15) is 0 Å². The zero-order valence-corrected chi connectivity index (χ0v) is 14.5. The Labute approximate surface area is 130 Å². The van der Waals surface area contributed by atoms with Gasteiger partial charge in [0.15, 0.2) is 0 Å². The lowest BCUT2D eigenvalue weighted by Crippen LogP contribution is -2.55. The molecule has 0 saturated heterocycles. The molecule has 1 spiro atoms. The predicted molar refractivity (Wildman–Crippen MR) is 87.0 cm³/mol. The molecular weight excluding hydrogens is 256 g/mol. The van der Waals surface area contributed by atoms with Gasteiger partial charge in [-0.05, 0) is 92.3 Å². The molecule has 1 N–H and O–H groups in total. The second-order valence-electron chi connectivity index (χ2n) is 10.4. The van der Waals surface area contributed by atoms with Crippen LogP contribution in [-0.2, 0) is 0 Å². The average Bonchev–Trinajstić information content (AvgIpc) is 2.53. The maximum Gasteiger partial charge on any atom is 0.0653 e. The van der Waals surface area contributed by atoms with Gasteiger partial charge in [-0.2, -0.15) is 0 Å². The van der Waals surface area contributed by atoms with Gasteiger partial charge in [0.05, 0.1) is 5.60 Å². The van der Waals surface area contributed by atoms with E-state index in [2.05, 4.69) is 27.7 Å². The lowest BCUT2D eigenvalue weighted by molar-refractivity contribution is -0.145. The van der Waals surface area contributed by atoms with Crippen LogP contribution < -0.4 is 0 Å². The summed E-state index contributed by atoms with van der Waals surface area (Å²) < 4.78 is 0. The van der Waals surface area contributed by atoms with Gasteiger partial charge >= 0.3 is 0 Å². The summed E-state index contributed by atoms with van der Waals surface area (Å²) in [6.07, 6.45) is 12.2. The minimum atomic E-state index is -0.373. The van der Waals surface area contributed by atoms with Crippen LogP contribution in [0.3, 0.4) is 0 Å². The first kappa shape index (κ1) is 14.5. The van der Waals surface area contributed by atoms with Gasteiger partial charge in [-0.3, -0.25) is 0 Å². The Kier molecular flexibility index (Phi) is 2.82. The Balaban J connectivity index is 1.73. The van der Waals surface area contributed by atoms with E-state index in [1.165, 1.54) is 51.4 Å². The van der Waals surface area contributed by atoms with E-state index in [1.807, 2.05) is 0 Å². The molecule has 0 aliphatic heterocycles. The number of hydrogen-bond acceptors (Lipinski definition) is 1. The van der Waals surface area contributed by atoms with Crippen molar-refractivity contribution in [3.8, 4) is 0 Å². The molecule has 0 aromatic heterocycles. The molecule has 120 valence electrons. The van der Waals surface area contributed by atoms with Crippen LogP contribution in [0.4, 0.5) is 0 Å². The molecule has 0 radical (unpaired) electrons. The first-order chi connectivity index (χ1) is 9.70. The first-order valence-electron chi connectivity index (χ1n) is 9.42. The Morgan fingerprint density at radius 3 is 2.38 bits per heavy atom. The van der Waals surface area contributed by atoms with Crippen molar-refractivity contribution >= 4 is 0 Å². The minimum absolute atomic E-state index is 0.373. The largest absolute Gasteiger partial charge is 0.390 e. The summed E-state index contributed by atoms with van der Waals surface area (Å²) in [4.78, 5) is 0. The molecule has 0 aromatic carbocycles. The second-order valence-corrected chi connectivity index (χ2v) is 10.4. The van der Waals surface area contributed by atoms with Crippen LogP contribution in [0.2, 0.25) is 0 Å². The number of rotatable bonds is 0. The fourth-order valence-electron chi connectivity index (χ4n) is 8.12. The van der Waals surface area contributed by atoms with Crippen molar-refractivity contribution in [3.63, 3.8) is 0 Å². The van der Waals surface area contributed by atoms with Gasteiger partial charge in [0.25, 0.3) is 0 Å². The standard InChI is InChI=1S/C20H34O/c1-17(2)9-5-10-18(3)15(17)8-11-20-12-14(6-7-16(18)20)19(4,21)13-20/h14-16,21H,5-13H2,1-4H3/t14-,15-,16+,18-,19+,20+/m1/s1. The first-order valence-corrected chi connectivity index (χ1v) is 9.42. The van der Waals surface area contributed by atoms with E-state index in [4.69, 9.17) is 0 Å². The molecule has 4 fully saturated rings. The van der Waals surface area contributed by atoms with Crippen LogP contribution in [0, 0.1) is 34.0 Å².